The molecule has 0 aliphatic carbocycles. The van der Waals surface area contributed by atoms with Gasteiger partial charge in [0.1, 0.15) is 0 Å². The van der Waals surface area contributed by atoms with Gasteiger partial charge in [0, 0.05) is 39.8 Å². The van der Waals surface area contributed by atoms with Gasteiger partial charge in [-0.3, -0.25) is 9.89 Å². The lowest BCUT2D eigenvalue weighted by Crippen LogP contribution is -2.46. The summed E-state index contributed by atoms with van der Waals surface area (Å²) < 4.78 is 33.9. The molecule has 1 aliphatic heterocycles. The molecular weight excluding hydrogens is 392 g/mol. The van der Waals surface area contributed by atoms with Crippen molar-refractivity contribution in [1.82, 2.24) is 15.5 Å². The van der Waals surface area contributed by atoms with Crippen molar-refractivity contribution >= 4 is 15.8 Å². The number of aryl methyl sites for hydroxylation is 1. The topological polar surface area (TPSA) is 92.3 Å². The molecule has 2 N–H and O–H groups in total. The van der Waals surface area contributed by atoms with Crippen molar-refractivity contribution < 1.29 is 17.9 Å². The second-order valence-corrected chi connectivity index (χ2v) is 9.24. The van der Waals surface area contributed by atoms with Gasteiger partial charge in [0.2, 0.25) is 0 Å². The summed E-state index contributed by atoms with van der Waals surface area (Å²) in [5, 5.41) is 6.61. The van der Waals surface area contributed by atoms with E-state index < -0.39 is 9.84 Å². The van der Waals surface area contributed by atoms with Crippen LogP contribution in [0.5, 0.6) is 11.5 Å². The predicted molar refractivity (Wildman–Crippen MR) is 117 cm³/mol. The van der Waals surface area contributed by atoms with Crippen molar-refractivity contribution in [2.75, 3.05) is 65.0 Å². The summed E-state index contributed by atoms with van der Waals surface area (Å²) in [7, 11) is 0.574. The normalized spacial score (nSPS) is 17.0. The summed E-state index contributed by atoms with van der Waals surface area (Å²) in [6, 6.07) is 6.04. The van der Waals surface area contributed by atoms with Gasteiger partial charge in [-0.1, -0.05) is 6.07 Å². The molecule has 29 heavy (non-hydrogen) atoms. The molecule has 0 unspecified atom stereocenters. The molecule has 1 aromatic carbocycles. The third-order valence-electron chi connectivity index (χ3n) is 4.84. The maximum atomic E-state index is 11.5. The molecule has 8 nitrogen and oxygen atoms in total. The average molecular weight is 427 g/mol. The van der Waals surface area contributed by atoms with Crippen LogP contribution in [-0.2, 0) is 16.3 Å². The highest BCUT2D eigenvalue weighted by atomic mass is 32.2. The van der Waals surface area contributed by atoms with Crippen molar-refractivity contribution in [2.24, 2.45) is 4.99 Å². The molecule has 1 fully saturated rings. The fourth-order valence-electron chi connectivity index (χ4n) is 3.17. The Balaban J connectivity index is 1.66. The number of sulfone groups is 1. The quantitative estimate of drug-likeness (QED) is 0.327. The lowest BCUT2D eigenvalue weighted by atomic mass is 10.1. The fraction of sp³-hybridized carbons (Fsp3) is 0.650. The number of nitrogens with one attached hydrogen (secondary N) is 2. The smallest absolute Gasteiger partial charge is 0.191 e. The zero-order valence-electron chi connectivity index (χ0n) is 17.7. The van der Waals surface area contributed by atoms with Crippen LogP contribution in [-0.4, -0.2) is 84.3 Å². The van der Waals surface area contributed by atoms with Crippen LogP contribution in [0, 0.1) is 0 Å². The molecule has 0 spiro atoms. The average Bonchev–Trinajstić information content (AvgIpc) is 2.71. The Labute approximate surface area is 174 Å². The van der Waals surface area contributed by atoms with Gasteiger partial charge in [-0.2, -0.15) is 0 Å². The first kappa shape index (κ1) is 23.3. The van der Waals surface area contributed by atoms with E-state index in [0.29, 0.717) is 19.7 Å². The molecule has 2 rings (SSSR count). The predicted octanol–water partition coefficient (Wildman–Crippen LogP) is 0.922. The third kappa shape index (κ3) is 8.10. The number of hydrogen-bond acceptors (Lipinski definition) is 6. The van der Waals surface area contributed by atoms with Crippen LogP contribution >= 0.6 is 0 Å². The van der Waals surface area contributed by atoms with Crippen LogP contribution in [0.2, 0.25) is 0 Å². The number of benzene rings is 1. The van der Waals surface area contributed by atoms with E-state index in [9.17, 15) is 8.42 Å². The zero-order valence-corrected chi connectivity index (χ0v) is 18.6. The molecule has 0 aromatic heterocycles. The van der Waals surface area contributed by atoms with Crippen molar-refractivity contribution in [3.8, 4) is 11.5 Å². The molecule has 1 saturated heterocycles. The van der Waals surface area contributed by atoms with Crippen molar-refractivity contribution in [3.63, 3.8) is 0 Å². The molecule has 1 aliphatic rings. The van der Waals surface area contributed by atoms with Crippen LogP contribution in [0.25, 0.3) is 0 Å². The Morgan fingerprint density at radius 3 is 2.55 bits per heavy atom. The minimum Gasteiger partial charge on any atom is -0.493 e. The van der Waals surface area contributed by atoms with Crippen molar-refractivity contribution in [2.45, 2.75) is 19.8 Å². The van der Waals surface area contributed by atoms with E-state index >= 15 is 0 Å². The number of hydrogen-bond donors (Lipinski definition) is 2. The molecule has 9 heteroatoms. The molecule has 0 radical (unpaired) electrons. The number of ether oxygens (including phenoxy) is 2. The summed E-state index contributed by atoms with van der Waals surface area (Å²) in [4.78, 5) is 6.41. The Morgan fingerprint density at radius 2 is 1.90 bits per heavy atom. The number of aliphatic imine (C=N–C) groups is 1. The number of methoxy groups -OCH3 is 1. The first-order valence-electron chi connectivity index (χ1n) is 10.1. The first-order chi connectivity index (χ1) is 14.0. The van der Waals surface area contributed by atoms with E-state index in [0.717, 1.165) is 49.9 Å². The fourth-order valence-corrected chi connectivity index (χ4v) is 4.45. The van der Waals surface area contributed by atoms with Gasteiger partial charge in [0.25, 0.3) is 0 Å². The van der Waals surface area contributed by atoms with Gasteiger partial charge in [-0.15, -0.1) is 0 Å². The lowest BCUT2D eigenvalue weighted by Gasteiger charge is -2.26. The monoisotopic (exact) mass is 426 g/mol. The highest BCUT2D eigenvalue weighted by molar-refractivity contribution is 7.91. The number of rotatable bonds is 10. The van der Waals surface area contributed by atoms with E-state index in [1.54, 1.807) is 14.2 Å². The summed E-state index contributed by atoms with van der Waals surface area (Å²) in [5.74, 6) is 2.82. The highest BCUT2D eigenvalue weighted by Crippen LogP contribution is 2.28. The minimum absolute atomic E-state index is 0.260. The summed E-state index contributed by atoms with van der Waals surface area (Å²) in [6.07, 6.45) is 1.89. The molecule has 0 amide bonds. The summed E-state index contributed by atoms with van der Waals surface area (Å²) in [6.45, 7) is 6.14. The maximum absolute atomic E-state index is 11.5. The Hall–Kier alpha value is -2.00. The maximum Gasteiger partial charge on any atom is 0.191 e. The van der Waals surface area contributed by atoms with E-state index in [-0.39, 0.29) is 11.5 Å². The lowest BCUT2D eigenvalue weighted by molar-refractivity contribution is 0.299. The van der Waals surface area contributed by atoms with Gasteiger partial charge in [-0.25, -0.2) is 8.42 Å². The van der Waals surface area contributed by atoms with Gasteiger partial charge < -0.3 is 20.1 Å². The molecular formula is C20H34N4O4S. The highest BCUT2D eigenvalue weighted by Gasteiger charge is 2.20. The van der Waals surface area contributed by atoms with Crippen LogP contribution in [0.4, 0.5) is 0 Å². The molecule has 0 bridgehead atoms. The largest absolute Gasteiger partial charge is 0.493 e. The van der Waals surface area contributed by atoms with Crippen molar-refractivity contribution in [3.05, 3.63) is 23.8 Å². The van der Waals surface area contributed by atoms with E-state index in [1.165, 1.54) is 5.56 Å². The van der Waals surface area contributed by atoms with Gasteiger partial charge in [0.15, 0.2) is 27.3 Å². The molecule has 0 atom stereocenters. The van der Waals surface area contributed by atoms with Crippen LogP contribution in [0.15, 0.2) is 23.2 Å². The molecule has 1 heterocycles. The molecule has 0 saturated carbocycles. The first-order valence-corrected chi connectivity index (χ1v) is 12.0. The van der Waals surface area contributed by atoms with E-state index in [1.807, 2.05) is 19.1 Å². The summed E-state index contributed by atoms with van der Waals surface area (Å²) in [5.41, 5.74) is 1.21. The van der Waals surface area contributed by atoms with Crippen LogP contribution in [0.3, 0.4) is 0 Å². The van der Waals surface area contributed by atoms with Crippen LogP contribution < -0.4 is 20.1 Å². The Kier molecular flexibility index (Phi) is 9.53. The minimum atomic E-state index is -2.82. The molecule has 164 valence electrons. The second kappa shape index (κ2) is 11.9. The summed E-state index contributed by atoms with van der Waals surface area (Å²) >= 11 is 0. The third-order valence-corrected chi connectivity index (χ3v) is 6.45. The van der Waals surface area contributed by atoms with E-state index in [2.05, 4.69) is 26.6 Å². The zero-order chi connectivity index (χ0) is 21.1. The SMILES string of the molecule is CCOc1cc(CCCNC(=NC)NCCN2CCS(=O)(=O)CC2)ccc1OC. The number of nitrogens with zero attached hydrogens (tertiary/aromatic N) is 2. The molecule has 1 aromatic rings. The van der Waals surface area contributed by atoms with Crippen molar-refractivity contribution in [1.29, 1.82) is 0 Å². The Morgan fingerprint density at radius 1 is 1.17 bits per heavy atom. The number of guanidine groups is 1. The Bertz CT molecular complexity index is 754. The van der Waals surface area contributed by atoms with E-state index in [4.69, 9.17) is 9.47 Å². The van der Waals surface area contributed by atoms with Gasteiger partial charge in [0.05, 0.1) is 25.2 Å². The van der Waals surface area contributed by atoms with Gasteiger partial charge in [-0.05, 0) is 37.5 Å². The second-order valence-electron chi connectivity index (χ2n) is 6.94. The van der Waals surface area contributed by atoms with Crippen LogP contribution in [0.1, 0.15) is 18.9 Å². The van der Waals surface area contributed by atoms with Gasteiger partial charge >= 0.3 is 0 Å². The standard InChI is InChI=1S/C20H34N4O4S/c1-4-28-19-16-17(7-8-18(19)27-3)6-5-9-22-20(21-2)23-10-11-24-12-14-29(25,26)15-13-24/h7-8,16H,4-6,9-15H2,1-3H3,(H2,21,22,23).